The first-order valence-electron chi connectivity index (χ1n) is 6.63. The number of aromatic nitrogens is 2. The van der Waals surface area contributed by atoms with Gasteiger partial charge >= 0.3 is 0 Å². The predicted molar refractivity (Wildman–Crippen MR) is 80.7 cm³/mol. The maximum absolute atomic E-state index is 12.8. The van der Waals surface area contributed by atoms with Crippen molar-refractivity contribution in [2.75, 3.05) is 19.0 Å². The molecule has 3 aromatic rings. The molecule has 0 aliphatic carbocycles. The van der Waals surface area contributed by atoms with E-state index in [2.05, 4.69) is 10.3 Å². The van der Waals surface area contributed by atoms with Crippen molar-refractivity contribution in [2.45, 2.75) is 6.54 Å². The van der Waals surface area contributed by atoms with Crippen LogP contribution in [-0.2, 0) is 6.54 Å². The molecule has 102 valence electrons. The Balaban J connectivity index is 2.15. The standard InChI is InChI=1S/C16H16FN3/c1-18-13-8-6-12(7-9-13)16-19-14-4-2-3-5-15(14)20(16)11-10-17/h2-9,18H,10-11H2,1H3. The van der Waals surface area contributed by atoms with Gasteiger partial charge in [0.1, 0.15) is 12.5 Å². The lowest BCUT2D eigenvalue weighted by molar-refractivity contribution is 0.451. The fourth-order valence-electron chi connectivity index (χ4n) is 2.39. The minimum absolute atomic E-state index is 0.323. The number of nitrogens with zero attached hydrogens (tertiary/aromatic N) is 2. The fraction of sp³-hybridized carbons (Fsp3) is 0.188. The van der Waals surface area contributed by atoms with E-state index in [1.165, 1.54) is 0 Å². The fourth-order valence-corrected chi connectivity index (χ4v) is 2.39. The number of anilines is 1. The maximum atomic E-state index is 12.8. The van der Waals surface area contributed by atoms with Gasteiger partial charge in [0.05, 0.1) is 17.6 Å². The molecule has 0 saturated carbocycles. The quantitative estimate of drug-likeness (QED) is 0.782. The van der Waals surface area contributed by atoms with E-state index in [0.29, 0.717) is 6.54 Å². The second-order valence-corrected chi connectivity index (χ2v) is 4.59. The van der Waals surface area contributed by atoms with Crippen LogP contribution in [0, 0.1) is 0 Å². The van der Waals surface area contributed by atoms with Crippen LogP contribution < -0.4 is 5.32 Å². The summed E-state index contributed by atoms with van der Waals surface area (Å²) in [4.78, 5) is 4.63. The van der Waals surface area contributed by atoms with Crippen LogP contribution in [0.15, 0.2) is 48.5 Å². The van der Waals surface area contributed by atoms with Crippen LogP contribution in [-0.4, -0.2) is 23.3 Å². The van der Waals surface area contributed by atoms with Gasteiger partial charge in [-0.05, 0) is 36.4 Å². The van der Waals surface area contributed by atoms with Crippen LogP contribution >= 0.6 is 0 Å². The summed E-state index contributed by atoms with van der Waals surface area (Å²) in [5.74, 6) is 0.812. The zero-order valence-corrected chi connectivity index (χ0v) is 11.3. The molecule has 0 spiro atoms. The van der Waals surface area contributed by atoms with Gasteiger partial charge in [-0.2, -0.15) is 0 Å². The third kappa shape index (κ3) is 2.13. The first kappa shape index (κ1) is 12.7. The SMILES string of the molecule is CNc1ccc(-c2nc3ccccc3n2CCF)cc1. The Hall–Kier alpha value is -2.36. The van der Waals surface area contributed by atoms with E-state index < -0.39 is 6.67 Å². The van der Waals surface area contributed by atoms with Crippen molar-refractivity contribution in [3.8, 4) is 11.4 Å². The number of alkyl halides is 1. The molecule has 2 aromatic carbocycles. The van der Waals surface area contributed by atoms with E-state index in [9.17, 15) is 4.39 Å². The molecular weight excluding hydrogens is 253 g/mol. The van der Waals surface area contributed by atoms with Crippen molar-refractivity contribution in [1.82, 2.24) is 9.55 Å². The molecule has 4 heteroatoms. The zero-order chi connectivity index (χ0) is 13.9. The second-order valence-electron chi connectivity index (χ2n) is 4.59. The number of halogens is 1. The highest BCUT2D eigenvalue weighted by Crippen LogP contribution is 2.25. The van der Waals surface area contributed by atoms with Crippen molar-refractivity contribution in [1.29, 1.82) is 0 Å². The molecule has 0 radical (unpaired) electrons. The Morgan fingerprint density at radius 1 is 1.10 bits per heavy atom. The van der Waals surface area contributed by atoms with Crippen molar-refractivity contribution in [3.05, 3.63) is 48.5 Å². The molecule has 20 heavy (non-hydrogen) atoms. The average molecular weight is 269 g/mol. The predicted octanol–water partition coefficient (Wildman–Crippen LogP) is 3.71. The summed E-state index contributed by atoms with van der Waals surface area (Å²) >= 11 is 0. The van der Waals surface area contributed by atoms with Gasteiger partial charge in [0.15, 0.2) is 0 Å². The Kier molecular flexibility index (Phi) is 3.37. The second kappa shape index (κ2) is 5.33. The van der Waals surface area contributed by atoms with E-state index in [4.69, 9.17) is 0 Å². The Bertz CT molecular complexity index is 716. The number of imidazole rings is 1. The van der Waals surface area contributed by atoms with Crippen LogP contribution in [0.1, 0.15) is 0 Å². The van der Waals surface area contributed by atoms with Gasteiger partial charge in [0.25, 0.3) is 0 Å². The van der Waals surface area contributed by atoms with E-state index in [1.807, 2.05) is 60.1 Å². The number of hydrogen-bond acceptors (Lipinski definition) is 2. The normalized spacial score (nSPS) is 10.9. The van der Waals surface area contributed by atoms with Crippen LogP contribution in [0.5, 0.6) is 0 Å². The molecular formula is C16H16FN3. The van der Waals surface area contributed by atoms with Gasteiger partial charge in [0, 0.05) is 18.3 Å². The number of nitrogens with one attached hydrogen (secondary N) is 1. The van der Waals surface area contributed by atoms with Crippen LogP contribution in [0.3, 0.4) is 0 Å². The third-order valence-corrected chi connectivity index (χ3v) is 3.39. The highest BCUT2D eigenvalue weighted by atomic mass is 19.1. The lowest BCUT2D eigenvalue weighted by Crippen LogP contribution is -2.02. The molecule has 0 atom stereocenters. The van der Waals surface area contributed by atoms with Gasteiger partial charge in [-0.3, -0.25) is 0 Å². The summed E-state index contributed by atoms with van der Waals surface area (Å²) in [6.45, 7) is -0.0778. The molecule has 0 amide bonds. The maximum Gasteiger partial charge on any atom is 0.141 e. The van der Waals surface area contributed by atoms with Crippen LogP contribution in [0.25, 0.3) is 22.4 Å². The van der Waals surface area contributed by atoms with E-state index >= 15 is 0 Å². The number of benzene rings is 2. The van der Waals surface area contributed by atoms with Crippen LogP contribution in [0.4, 0.5) is 10.1 Å². The molecule has 0 aliphatic heterocycles. The molecule has 0 unspecified atom stereocenters. The van der Waals surface area contributed by atoms with Gasteiger partial charge in [-0.1, -0.05) is 12.1 Å². The molecule has 0 aliphatic rings. The molecule has 1 heterocycles. The topological polar surface area (TPSA) is 29.9 Å². The van der Waals surface area contributed by atoms with Crippen molar-refractivity contribution in [3.63, 3.8) is 0 Å². The first-order valence-corrected chi connectivity index (χ1v) is 6.63. The van der Waals surface area contributed by atoms with Gasteiger partial charge < -0.3 is 9.88 Å². The summed E-state index contributed by atoms with van der Waals surface area (Å²) in [5, 5.41) is 3.08. The van der Waals surface area contributed by atoms with Crippen LogP contribution in [0.2, 0.25) is 0 Å². The molecule has 0 fully saturated rings. The minimum atomic E-state index is -0.401. The molecule has 1 N–H and O–H groups in total. The summed E-state index contributed by atoms with van der Waals surface area (Å²) in [6.07, 6.45) is 0. The minimum Gasteiger partial charge on any atom is -0.388 e. The third-order valence-electron chi connectivity index (χ3n) is 3.39. The van der Waals surface area contributed by atoms with Gasteiger partial charge in [-0.25, -0.2) is 9.37 Å². The highest BCUT2D eigenvalue weighted by molar-refractivity contribution is 5.80. The molecule has 1 aromatic heterocycles. The first-order chi connectivity index (χ1) is 9.83. The summed E-state index contributed by atoms with van der Waals surface area (Å²) in [5.41, 5.74) is 3.90. The number of para-hydroxylation sites is 2. The molecule has 3 nitrogen and oxygen atoms in total. The summed E-state index contributed by atoms with van der Waals surface area (Å²) in [7, 11) is 1.88. The van der Waals surface area contributed by atoms with Gasteiger partial charge in [-0.15, -0.1) is 0 Å². The number of aryl methyl sites for hydroxylation is 1. The Morgan fingerprint density at radius 2 is 1.85 bits per heavy atom. The Labute approximate surface area is 117 Å². The van der Waals surface area contributed by atoms with Crippen molar-refractivity contribution < 1.29 is 4.39 Å². The lowest BCUT2D eigenvalue weighted by atomic mass is 10.2. The van der Waals surface area contributed by atoms with Crippen molar-refractivity contribution >= 4 is 16.7 Å². The monoisotopic (exact) mass is 269 g/mol. The zero-order valence-electron chi connectivity index (χ0n) is 11.3. The molecule has 3 rings (SSSR count). The number of rotatable bonds is 4. The van der Waals surface area contributed by atoms with E-state index in [0.717, 1.165) is 28.1 Å². The molecule has 0 saturated heterocycles. The largest absolute Gasteiger partial charge is 0.388 e. The summed E-state index contributed by atoms with van der Waals surface area (Å²) in [6, 6.07) is 15.8. The summed E-state index contributed by atoms with van der Waals surface area (Å²) < 4.78 is 14.8. The number of fused-ring (bicyclic) bond motifs is 1. The van der Waals surface area contributed by atoms with Crippen molar-refractivity contribution in [2.24, 2.45) is 0 Å². The Morgan fingerprint density at radius 3 is 2.55 bits per heavy atom. The van der Waals surface area contributed by atoms with Gasteiger partial charge in [0.2, 0.25) is 0 Å². The smallest absolute Gasteiger partial charge is 0.141 e. The highest BCUT2D eigenvalue weighted by Gasteiger charge is 2.11. The molecule has 0 bridgehead atoms. The van der Waals surface area contributed by atoms with E-state index in [-0.39, 0.29) is 0 Å². The average Bonchev–Trinajstić information content (AvgIpc) is 2.87. The lowest BCUT2D eigenvalue weighted by Gasteiger charge is -2.07. The van der Waals surface area contributed by atoms with E-state index in [1.54, 1.807) is 0 Å². The number of hydrogen-bond donors (Lipinski definition) is 1.